The first-order valence-corrected chi connectivity index (χ1v) is 40.3. The molecule has 31 N–H and O–H groups in total. The highest BCUT2D eigenvalue weighted by molar-refractivity contribution is 8.76. The third kappa shape index (κ3) is 40.7. The average Bonchev–Trinajstić information content (AvgIpc) is 0.845. The number of amides is 17. The number of benzene rings is 1. The maximum atomic E-state index is 14.4. The van der Waals surface area contributed by atoms with Crippen molar-refractivity contribution in [1.82, 2.24) is 95.7 Å². The quantitative estimate of drug-likeness (QED) is 0.0209. The van der Waals surface area contributed by atoms with Gasteiger partial charge in [-0.1, -0.05) is 106 Å². The molecule has 1 fully saturated rings. The zero-order valence-corrected chi connectivity index (χ0v) is 68.3. The summed E-state index contributed by atoms with van der Waals surface area (Å²) in [6, 6.07) is -10.6. The summed E-state index contributed by atoms with van der Waals surface area (Å²) >= 11 is 0. The molecule has 0 saturated carbocycles. The summed E-state index contributed by atoms with van der Waals surface area (Å²) in [5.41, 5.74) is 23.0. The summed E-state index contributed by atoms with van der Waals surface area (Å²) in [7, 11) is 1.80. The summed E-state index contributed by atoms with van der Waals surface area (Å²) in [5.74, 6) is -23.7. The lowest BCUT2D eigenvalue weighted by Gasteiger charge is -2.29. The molecule has 1 heterocycles. The fourth-order valence-corrected chi connectivity index (χ4v) is 13.0. The number of hydrogen-bond donors (Lipinski definition) is 27. The van der Waals surface area contributed by atoms with Crippen LogP contribution in [0, 0.1) is 28.6 Å². The number of aliphatic hydroxyl groups excluding tert-OH is 1. The molecule has 1 aromatic rings. The Morgan fingerprint density at radius 3 is 1.40 bits per heavy atom. The third-order valence-electron chi connectivity index (χ3n) is 17.7. The van der Waals surface area contributed by atoms with E-state index in [1.54, 1.807) is 58.0 Å². The highest BCUT2D eigenvalue weighted by atomic mass is 33.1. The SMILES string of the molecule is CC[C@H](C)C1NC(=O)[C@H](CCCNC(=N)N)NC(=O)CNC(=O)CNC(=O)C(Cc2ccccc2)NC(=O)[C@@H](N)CSSC[C@@H](C(=O)O)NC(=O)CNC(=O)[C@H](CC(C)C)NC(=O)CNC(=O)[C@H](CO)NC(=O)C(CCC(N)=O)NC(=O)[C@H](C)NC(=O)CNC(=O)[C@H]([C@@H](C)CC)NC(=O)C(CCCNC(=N)N)NC(=O)[C@H](CC(=O)O)NC1=O. The van der Waals surface area contributed by atoms with Crippen molar-refractivity contribution in [2.45, 2.75) is 192 Å². The number of carboxylic acids is 2. The average molecular weight is 1710 g/mol. The second-order valence-corrected chi connectivity index (χ2v) is 30.5. The number of carbonyl (C=O) groups excluding carboxylic acids is 17. The predicted octanol–water partition coefficient (Wildman–Crippen LogP) is -9.63. The van der Waals surface area contributed by atoms with Gasteiger partial charge in [0.25, 0.3) is 0 Å². The lowest BCUT2D eigenvalue weighted by atomic mass is 9.96. The van der Waals surface area contributed by atoms with Gasteiger partial charge in [0.2, 0.25) is 100 Å². The summed E-state index contributed by atoms with van der Waals surface area (Å²) in [6.45, 7) is 5.56. The molecule has 17 amide bonds. The van der Waals surface area contributed by atoms with Gasteiger partial charge in [-0.25, -0.2) is 4.79 Å². The van der Waals surface area contributed by atoms with Gasteiger partial charge >= 0.3 is 11.9 Å². The number of rotatable bonds is 23. The molecule has 1 aliphatic heterocycles. The minimum absolute atomic E-state index is 0.00932. The van der Waals surface area contributed by atoms with E-state index in [1.165, 1.54) is 13.8 Å². The lowest BCUT2D eigenvalue weighted by Crippen LogP contribution is -2.61. The molecule has 14 atom stereocenters. The summed E-state index contributed by atoms with van der Waals surface area (Å²) in [5, 5.41) is 88.3. The van der Waals surface area contributed by atoms with Crippen molar-refractivity contribution in [1.29, 1.82) is 10.8 Å². The van der Waals surface area contributed by atoms with Gasteiger partial charge in [0.1, 0.15) is 66.5 Å². The maximum Gasteiger partial charge on any atom is 0.327 e. The highest BCUT2D eigenvalue weighted by Crippen LogP contribution is 2.23. The lowest BCUT2D eigenvalue weighted by molar-refractivity contribution is -0.142. The molecule has 0 bridgehead atoms. The van der Waals surface area contributed by atoms with Gasteiger partial charge in [0, 0.05) is 37.4 Å². The van der Waals surface area contributed by atoms with Crippen LogP contribution in [0.2, 0.25) is 0 Å². The van der Waals surface area contributed by atoms with Gasteiger partial charge in [-0.2, -0.15) is 0 Å². The molecule has 658 valence electrons. The van der Waals surface area contributed by atoms with Crippen molar-refractivity contribution in [3.05, 3.63) is 35.9 Å². The minimum atomic E-state index is -2.00. The Balaban J connectivity index is 2.67. The van der Waals surface area contributed by atoms with Crippen LogP contribution in [0.4, 0.5) is 0 Å². The molecule has 46 nitrogen and oxygen atoms in total. The fourth-order valence-electron chi connectivity index (χ4n) is 10.8. The van der Waals surface area contributed by atoms with Crippen LogP contribution in [0.5, 0.6) is 0 Å². The normalized spacial score (nSPS) is 24.5. The monoisotopic (exact) mass is 1710 g/mol. The predicted molar refractivity (Wildman–Crippen MR) is 427 cm³/mol. The number of aliphatic carboxylic acids is 2. The van der Waals surface area contributed by atoms with Gasteiger partial charge in [0.15, 0.2) is 11.9 Å². The maximum absolute atomic E-state index is 14.4. The van der Waals surface area contributed by atoms with E-state index in [1.807, 2.05) is 0 Å². The molecule has 2 rings (SSSR count). The van der Waals surface area contributed by atoms with Gasteiger partial charge in [-0.05, 0) is 68.8 Å². The van der Waals surface area contributed by atoms with Gasteiger partial charge < -0.3 is 134 Å². The molecule has 0 spiro atoms. The van der Waals surface area contributed by atoms with E-state index in [9.17, 15) is 106 Å². The summed E-state index contributed by atoms with van der Waals surface area (Å²) in [6.07, 6.45) is -2.47. The van der Waals surface area contributed by atoms with Crippen LogP contribution in [0.3, 0.4) is 0 Å². The van der Waals surface area contributed by atoms with E-state index >= 15 is 0 Å². The number of hydrogen-bond acceptors (Lipinski definition) is 25. The Labute approximate surface area is 688 Å². The molecule has 0 aliphatic carbocycles. The molecular formula is C70H114N24O22S2. The number of primary amides is 1. The second kappa shape index (κ2) is 54.3. The van der Waals surface area contributed by atoms with Crippen LogP contribution in [0.25, 0.3) is 0 Å². The topological polar surface area (TPSA) is 753 Å². The van der Waals surface area contributed by atoms with Gasteiger partial charge in [0.05, 0.1) is 51.8 Å². The van der Waals surface area contributed by atoms with Crippen molar-refractivity contribution in [3.63, 3.8) is 0 Å². The van der Waals surface area contributed by atoms with E-state index in [-0.39, 0.29) is 81.9 Å². The number of carboxylic acid groups (broad SMARTS) is 2. The molecule has 0 radical (unpaired) electrons. The highest BCUT2D eigenvalue weighted by Gasteiger charge is 2.38. The molecule has 4 unspecified atom stereocenters. The first-order chi connectivity index (χ1) is 55.6. The standard InChI is InChI=1S/C70H114N24O22S2/c1-8-35(5)55-66(113)83-28-50(98)84-37(7)57(104)88-42(19-20-48(72)96)62(109)92-46(31-95)61(108)82-29-52(100)86-43(23-34(3)4)59(106)81-30-53(101)87-47(68(115)116)33-118-117-32-39(71)58(105)90-44(24-38-15-11-10-12-16-38)60(107)80-26-49(97)79-27-51(99)85-40(17-13-21-77-69(73)74)63(110)94-56(36(6)9-2)67(114)91-45(25-54(102)103)65(112)89-41(64(111)93-55)18-14-22-78-70(75)76/h10-12,15-16,34-37,39-47,55-56,95H,8-9,13-14,17-33,71H2,1-7H3,(H2,72,96)(H,79,97)(H,80,107)(H,81,106)(H,82,108)(H,83,113)(H,84,98)(H,85,99)(H,86,100)(H,87,101)(H,88,104)(H,89,112)(H,90,105)(H,91,114)(H,92,109)(H,93,111)(H,94,110)(H,102,103)(H,115,116)(H4,73,74,77)(H4,75,76,78)/t35-,36-,37-,39-,40-,41?,42?,43-,44?,45-,46-,47-,55-,56?/m0/s1. The van der Waals surface area contributed by atoms with Gasteiger partial charge in [-0.3, -0.25) is 97.1 Å². The summed E-state index contributed by atoms with van der Waals surface area (Å²) in [4.78, 5) is 256. The van der Waals surface area contributed by atoms with E-state index in [0.29, 0.717) is 5.56 Å². The Morgan fingerprint density at radius 2 is 0.890 bits per heavy atom. The minimum Gasteiger partial charge on any atom is -0.481 e. The Kier molecular flexibility index (Phi) is 47.1. The molecule has 118 heavy (non-hydrogen) atoms. The van der Waals surface area contributed by atoms with Crippen LogP contribution < -0.4 is 119 Å². The number of nitrogens with two attached hydrogens (primary N) is 4. The Bertz CT molecular complexity index is 3680. The molecular weight excluding hydrogens is 1590 g/mol. The Morgan fingerprint density at radius 1 is 0.475 bits per heavy atom. The van der Waals surface area contributed by atoms with Crippen molar-refractivity contribution < 1.29 is 106 Å². The fraction of sp³-hybridized carbons (Fsp3) is 0.614. The first kappa shape index (κ1) is 102. The molecule has 1 aromatic carbocycles. The molecule has 1 aliphatic rings. The van der Waals surface area contributed by atoms with Crippen molar-refractivity contribution in [2.24, 2.45) is 40.7 Å². The van der Waals surface area contributed by atoms with Crippen molar-refractivity contribution in [2.75, 3.05) is 63.9 Å². The first-order valence-electron chi connectivity index (χ1n) is 37.8. The number of guanidine groups is 2. The zero-order chi connectivity index (χ0) is 88.9. The zero-order valence-electron chi connectivity index (χ0n) is 66.6. The molecule has 0 aromatic heterocycles. The van der Waals surface area contributed by atoms with Crippen molar-refractivity contribution >= 4 is 146 Å². The largest absolute Gasteiger partial charge is 0.481 e. The van der Waals surface area contributed by atoms with Crippen LogP contribution in [-0.4, -0.2) is 276 Å². The van der Waals surface area contributed by atoms with Gasteiger partial charge in [-0.15, -0.1) is 0 Å². The van der Waals surface area contributed by atoms with Crippen LogP contribution >= 0.6 is 21.6 Å². The molecule has 1 saturated heterocycles. The molecule has 48 heteroatoms. The van der Waals surface area contributed by atoms with Crippen LogP contribution in [-0.2, 0) is 97.5 Å². The second-order valence-electron chi connectivity index (χ2n) is 27.9. The number of nitrogens with one attached hydrogen (secondary N) is 20. The van der Waals surface area contributed by atoms with E-state index in [4.69, 9.17) is 33.8 Å². The Hall–Kier alpha value is -11.7. The number of carbonyl (C=O) groups is 19. The van der Waals surface area contributed by atoms with E-state index in [2.05, 4.69) is 95.7 Å². The number of aliphatic hydroxyl groups is 1. The van der Waals surface area contributed by atoms with E-state index in [0.717, 1.165) is 28.5 Å². The van der Waals surface area contributed by atoms with Crippen LogP contribution in [0.15, 0.2) is 30.3 Å². The third-order valence-corrected chi connectivity index (χ3v) is 20.1. The van der Waals surface area contributed by atoms with Crippen LogP contribution in [0.1, 0.15) is 118 Å². The van der Waals surface area contributed by atoms with E-state index < -0.39 is 267 Å². The van der Waals surface area contributed by atoms with Crippen molar-refractivity contribution in [3.8, 4) is 0 Å². The summed E-state index contributed by atoms with van der Waals surface area (Å²) < 4.78 is 0. The smallest absolute Gasteiger partial charge is 0.327 e.